The van der Waals surface area contributed by atoms with Gasteiger partial charge in [-0.15, -0.1) is 0 Å². The largest absolute Gasteiger partial charge is 0.396 e. The molecule has 1 fully saturated rings. The lowest BCUT2D eigenvalue weighted by Gasteiger charge is -2.25. The van der Waals surface area contributed by atoms with Crippen LogP contribution in [0, 0.1) is 5.92 Å². The third-order valence-electron chi connectivity index (χ3n) is 3.51. The molecule has 0 radical (unpaired) electrons. The van der Waals surface area contributed by atoms with E-state index in [2.05, 4.69) is 15.3 Å². The van der Waals surface area contributed by atoms with Gasteiger partial charge in [-0.3, -0.25) is 0 Å². The van der Waals surface area contributed by atoms with Gasteiger partial charge in [0.25, 0.3) is 0 Å². The summed E-state index contributed by atoms with van der Waals surface area (Å²) in [6, 6.07) is 2.28. The monoisotopic (exact) mass is 236 g/mol. The van der Waals surface area contributed by atoms with E-state index in [1.54, 1.807) is 6.20 Å². The van der Waals surface area contributed by atoms with Gasteiger partial charge < -0.3 is 16.2 Å². The smallest absolute Gasteiger partial charge is 0.115 e. The molecule has 3 unspecified atom stereocenters. The normalized spacial score (nSPS) is 26.0. The number of aliphatic hydroxyl groups excluding tert-OH is 1. The van der Waals surface area contributed by atoms with Crippen molar-refractivity contribution < 1.29 is 5.11 Å². The minimum absolute atomic E-state index is 0.0511. The molecule has 0 spiro atoms. The lowest BCUT2D eigenvalue weighted by atomic mass is 10.0. The summed E-state index contributed by atoms with van der Waals surface area (Å²) in [5.74, 6) is 0.353. The Labute approximate surface area is 101 Å². The highest BCUT2D eigenvalue weighted by atomic mass is 16.3. The fraction of sp³-hybridized carbons (Fsp3) is 0.667. The van der Waals surface area contributed by atoms with Crippen LogP contribution in [-0.4, -0.2) is 34.3 Å². The summed E-state index contributed by atoms with van der Waals surface area (Å²) in [4.78, 5) is 8.13. The third-order valence-corrected chi connectivity index (χ3v) is 3.51. The molecule has 3 atom stereocenters. The number of nitrogens with one attached hydrogen (secondary N) is 1. The van der Waals surface area contributed by atoms with E-state index < -0.39 is 0 Å². The average Bonchev–Trinajstić information content (AvgIpc) is 2.84. The maximum absolute atomic E-state index is 9.30. The summed E-state index contributed by atoms with van der Waals surface area (Å²) < 4.78 is 0. The highest BCUT2D eigenvalue weighted by Gasteiger charge is 2.28. The third kappa shape index (κ3) is 3.00. The topological polar surface area (TPSA) is 84.1 Å². The van der Waals surface area contributed by atoms with Crippen LogP contribution in [0.2, 0.25) is 0 Å². The van der Waals surface area contributed by atoms with E-state index in [0.29, 0.717) is 18.5 Å². The van der Waals surface area contributed by atoms with Gasteiger partial charge in [0, 0.05) is 25.4 Å². The van der Waals surface area contributed by atoms with E-state index in [4.69, 9.17) is 5.73 Å². The summed E-state index contributed by atoms with van der Waals surface area (Å²) in [5, 5.41) is 12.8. The summed E-state index contributed by atoms with van der Waals surface area (Å²) in [7, 11) is 0. The van der Waals surface area contributed by atoms with Crippen LogP contribution in [0.1, 0.15) is 31.0 Å². The first-order valence-corrected chi connectivity index (χ1v) is 6.18. The molecule has 5 heteroatoms. The Bertz CT molecular complexity index is 333. The number of nitrogens with zero attached hydrogens (tertiary/aromatic N) is 2. The van der Waals surface area contributed by atoms with E-state index in [1.807, 2.05) is 6.07 Å². The summed E-state index contributed by atoms with van der Waals surface area (Å²) in [6.07, 6.45) is 6.63. The van der Waals surface area contributed by atoms with Gasteiger partial charge in [0.15, 0.2) is 0 Å². The molecule has 0 saturated heterocycles. The number of rotatable bonds is 5. The van der Waals surface area contributed by atoms with Crippen molar-refractivity contribution in [3.8, 4) is 0 Å². The van der Waals surface area contributed by atoms with Crippen molar-refractivity contribution in [1.82, 2.24) is 15.3 Å². The van der Waals surface area contributed by atoms with Crippen LogP contribution in [-0.2, 0) is 0 Å². The van der Waals surface area contributed by atoms with Crippen molar-refractivity contribution in [3.05, 3.63) is 24.3 Å². The molecule has 4 N–H and O–H groups in total. The molecule has 1 aliphatic carbocycles. The second-order valence-corrected chi connectivity index (χ2v) is 4.57. The molecular weight excluding hydrogens is 216 g/mol. The summed E-state index contributed by atoms with van der Waals surface area (Å²) >= 11 is 0. The van der Waals surface area contributed by atoms with Crippen molar-refractivity contribution in [3.63, 3.8) is 0 Å². The molecule has 0 aromatic carbocycles. The highest BCUT2D eigenvalue weighted by Crippen LogP contribution is 2.27. The lowest BCUT2D eigenvalue weighted by Crippen LogP contribution is -2.40. The van der Waals surface area contributed by atoms with E-state index >= 15 is 0 Å². The molecule has 0 aliphatic heterocycles. The van der Waals surface area contributed by atoms with Gasteiger partial charge in [-0.05, 0) is 24.8 Å². The van der Waals surface area contributed by atoms with Crippen LogP contribution in [0.15, 0.2) is 18.6 Å². The van der Waals surface area contributed by atoms with Crippen LogP contribution in [0.3, 0.4) is 0 Å². The van der Waals surface area contributed by atoms with Gasteiger partial charge in [-0.1, -0.05) is 6.42 Å². The molecule has 5 nitrogen and oxygen atoms in total. The Kier molecular flexibility index (Phi) is 4.42. The molecule has 2 rings (SSSR count). The number of hydrogen-bond donors (Lipinski definition) is 3. The Morgan fingerprint density at radius 1 is 1.53 bits per heavy atom. The number of hydrogen-bond acceptors (Lipinski definition) is 5. The van der Waals surface area contributed by atoms with Gasteiger partial charge in [-0.2, -0.15) is 0 Å². The van der Waals surface area contributed by atoms with Crippen LogP contribution in [0.25, 0.3) is 0 Å². The van der Waals surface area contributed by atoms with E-state index in [-0.39, 0.29) is 12.6 Å². The molecule has 1 heterocycles. The minimum Gasteiger partial charge on any atom is -0.396 e. The van der Waals surface area contributed by atoms with Gasteiger partial charge in [0.05, 0.1) is 11.7 Å². The zero-order valence-corrected chi connectivity index (χ0v) is 9.92. The van der Waals surface area contributed by atoms with Crippen LogP contribution < -0.4 is 11.1 Å². The van der Waals surface area contributed by atoms with Crippen LogP contribution >= 0.6 is 0 Å². The number of aromatic nitrogens is 2. The number of aliphatic hydroxyl groups is 1. The average molecular weight is 236 g/mol. The number of nitrogens with two attached hydrogens (primary N) is 1. The van der Waals surface area contributed by atoms with Gasteiger partial charge in [0.1, 0.15) is 6.33 Å². The first-order valence-electron chi connectivity index (χ1n) is 6.18. The second-order valence-electron chi connectivity index (χ2n) is 4.57. The van der Waals surface area contributed by atoms with Crippen LogP contribution in [0.4, 0.5) is 0 Å². The second kappa shape index (κ2) is 6.05. The lowest BCUT2D eigenvalue weighted by molar-refractivity contribution is 0.199. The summed E-state index contributed by atoms with van der Waals surface area (Å²) in [5.41, 5.74) is 6.71. The standard InChI is InChI=1S/C12H20N4O/c13-6-12(11-4-5-14-8-15-11)16-10-3-1-2-9(10)7-17/h4-5,8-10,12,16-17H,1-3,6-7,13H2. The Morgan fingerprint density at radius 2 is 2.41 bits per heavy atom. The molecule has 94 valence electrons. The predicted molar refractivity (Wildman–Crippen MR) is 65.2 cm³/mol. The zero-order valence-electron chi connectivity index (χ0n) is 9.92. The molecule has 1 aromatic rings. The van der Waals surface area contributed by atoms with Crippen molar-refractivity contribution in [1.29, 1.82) is 0 Å². The molecule has 1 saturated carbocycles. The van der Waals surface area contributed by atoms with Gasteiger partial charge in [-0.25, -0.2) is 9.97 Å². The van der Waals surface area contributed by atoms with Crippen molar-refractivity contribution in [2.45, 2.75) is 31.3 Å². The molecule has 17 heavy (non-hydrogen) atoms. The Morgan fingerprint density at radius 3 is 3.06 bits per heavy atom. The molecule has 1 aliphatic rings. The highest BCUT2D eigenvalue weighted by molar-refractivity contribution is 5.06. The van der Waals surface area contributed by atoms with Crippen molar-refractivity contribution in [2.24, 2.45) is 11.7 Å². The molecule has 0 amide bonds. The quantitative estimate of drug-likeness (QED) is 0.681. The summed E-state index contributed by atoms with van der Waals surface area (Å²) in [6.45, 7) is 0.754. The van der Waals surface area contributed by atoms with Gasteiger partial charge in [0.2, 0.25) is 0 Å². The minimum atomic E-state index is 0.0511. The van der Waals surface area contributed by atoms with Crippen LogP contribution in [0.5, 0.6) is 0 Å². The first-order chi connectivity index (χ1) is 8.35. The molecule has 1 aromatic heterocycles. The van der Waals surface area contributed by atoms with Crippen molar-refractivity contribution >= 4 is 0 Å². The Balaban J connectivity index is 2.00. The Hall–Kier alpha value is -1.04. The predicted octanol–water partition coefficient (Wildman–Crippen LogP) is 0.227. The fourth-order valence-corrected chi connectivity index (χ4v) is 2.51. The maximum Gasteiger partial charge on any atom is 0.115 e. The SMILES string of the molecule is NCC(NC1CCCC1CO)c1ccncn1. The van der Waals surface area contributed by atoms with E-state index in [0.717, 1.165) is 18.5 Å². The van der Waals surface area contributed by atoms with E-state index in [1.165, 1.54) is 12.7 Å². The van der Waals surface area contributed by atoms with Crippen molar-refractivity contribution in [2.75, 3.05) is 13.2 Å². The van der Waals surface area contributed by atoms with E-state index in [9.17, 15) is 5.11 Å². The molecule has 0 bridgehead atoms. The molecular formula is C12H20N4O. The zero-order chi connectivity index (χ0) is 12.1. The first kappa shape index (κ1) is 12.4. The maximum atomic E-state index is 9.30. The fourth-order valence-electron chi connectivity index (χ4n) is 2.51. The van der Waals surface area contributed by atoms with Gasteiger partial charge >= 0.3 is 0 Å².